The average molecular weight is 347 g/mol. The summed E-state index contributed by atoms with van der Waals surface area (Å²) in [6, 6.07) is 16.5. The normalized spacial score (nSPS) is 16.4. The Kier molecular flexibility index (Phi) is 3.98. The van der Waals surface area contributed by atoms with Crippen molar-refractivity contribution >= 4 is 22.6 Å². The second kappa shape index (κ2) is 6.20. The zero-order valence-corrected chi connectivity index (χ0v) is 15.9. The molecule has 1 aliphatic rings. The minimum Gasteiger partial charge on any atom is -0.364 e. The second-order valence-electron chi connectivity index (χ2n) is 7.20. The third-order valence-corrected chi connectivity index (χ3v) is 5.33. The third-order valence-electron chi connectivity index (χ3n) is 5.33. The first kappa shape index (κ1) is 16.7. The number of fused-ring (bicyclic) bond motifs is 2. The Balaban J connectivity index is 2.05. The molecule has 0 N–H and O–H groups in total. The Hall–Kier alpha value is -2.75. The van der Waals surface area contributed by atoms with E-state index in [1.165, 1.54) is 16.5 Å². The Labute approximate surface area is 154 Å². The molecule has 0 saturated heterocycles. The number of rotatable bonds is 4. The van der Waals surface area contributed by atoms with Crippen LogP contribution in [-0.2, 0) is 7.05 Å². The number of anilines is 1. The van der Waals surface area contributed by atoms with E-state index in [0.717, 1.165) is 29.9 Å². The molecule has 0 aliphatic carbocycles. The number of aromatic nitrogens is 1. The molecule has 2 aromatic carbocycles. The lowest BCUT2D eigenvalue weighted by atomic mass is 9.96. The van der Waals surface area contributed by atoms with Gasteiger partial charge >= 0.3 is 0 Å². The molecule has 0 fully saturated rings. The molecular formula is C22H25N3O. The van der Waals surface area contributed by atoms with Crippen LogP contribution in [0.4, 0.5) is 5.82 Å². The number of benzene rings is 2. The van der Waals surface area contributed by atoms with Crippen molar-refractivity contribution in [3.8, 4) is 0 Å². The van der Waals surface area contributed by atoms with Gasteiger partial charge in [0.2, 0.25) is 0 Å². The zero-order valence-electron chi connectivity index (χ0n) is 15.9. The average Bonchev–Trinajstić information content (AvgIpc) is 3.08. The van der Waals surface area contributed by atoms with E-state index in [4.69, 9.17) is 0 Å². The highest BCUT2D eigenvalue weighted by Gasteiger charge is 2.40. The summed E-state index contributed by atoms with van der Waals surface area (Å²) in [7, 11) is 6.25. The predicted octanol–water partition coefficient (Wildman–Crippen LogP) is 4.20. The first-order valence-electron chi connectivity index (χ1n) is 9.20. The molecule has 3 aromatic rings. The fourth-order valence-electron chi connectivity index (χ4n) is 4.37. The fraction of sp³-hybridized carbons (Fsp3) is 0.318. The van der Waals surface area contributed by atoms with Gasteiger partial charge in [0.05, 0.1) is 6.04 Å². The first-order valence-corrected chi connectivity index (χ1v) is 9.20. The lowest BCUT2D eigenvalue weighted by Gasteiger charge is -2.28. The maximum Gasteiger partial charge on any atom is 0.255 e. The molecule has 4 nitrogen and oxygen atoms in total. The summed E-state index contributed by atoms with van der Waals surface area (Å²) < 4.78 is 2.24. The van der Waals surface area contributed by atoms with Gasteiger partial charge in [-0.2, -0.15) is 0 Å². The van der Waals surface area contributed by atoms with Gasteiger partial charge in [-0.25, -0.2) is 0 Å². The summed E-state index contributed by atoms with van der Waals surface area (Å²) in [4.78, 5) is 17.3. The van der Waals surface area contributed by atoms with E-state index >= 15 is 0 Å². The van der Waals surface area contributed by atoms with Crippen molar-refractivity contribution < 1.29 is 4.79 Å². The molecule has 0 bridgehead atoms. The van der Waals surface area contributed by atoms with Gasteiger partial charge < -0.3 is 14.4 Å². The van der Waals surface area contributed by atoms with Crippen molar-refractivity contribution in [3.05, 3.63) is 65.2 Å². The molecule has 26 heavy (non-hydrogen) atoms. The molecule has 0 spiro atoms. The third kappa shape index (κ3) is 2.25. The first-order chi connectivity index (χ1) is 12.6. The molecule has 1 aliphatic heterocycles. The molecule has 0 saturated carbocycles. The van der Waals surface area contributed by atoms with Crippen LogP contribution in [0.3, 0.4) is 0 Å². The molecule has 1 aromatic heterocycles. The number of hydrogen-bond donors (Lipinski definition) is 0. The van der Waals surface area contributed by atoms with Gasteiger partial charge in [-0.1, -0.05) is 43.3 Å². The minimum atomic E-state index is -0.0397. The van der Waals surface area contributed by atoms with E-state index in [9.17, 15) is 4.79 Å². The molecule has 1 atom stereocenters. The molecule has 4 heteroatoms. The largest absolute Gasteiger partial charge is 0.364 e. The highest BCUT2D eigenvalue weighted by atomic mass is 16.2. The highest BCUT2D eigenvalue weighted by Crippen LogP contribution is 2.45. The van der Waals surface area contributed by atoms with Crippen LogP contribution in [0.2, 0.25) is 0 Å². The summed E-state index contributed by atoms with van der Waals surface area (Å²) in [5, 5.41) is 1.22. The van der Waals surface area contributed by atoms with Gasteiger partial charge in [-0.15, -0.1) is 0 Å². The van der Waals surface area contributed by atoms with Crippen LogP contribution in [-0.4, -0.2) is 36.0 Å². The van der Waals surface area contributed by atoms with Gasteiger partial charge in [-0.3, -0.25) is 4.79 Å². The summed E-state index contributed by atoms with van der Waals surface area (Å²) in [6.45, 7) is 2.89. The number of carbonyl (C=O) groups is 1. The number of aryl methyl sites for hydroxylation is 1. The molecule has 134 valence electrons. The van der Waals surface area contributed by atoms with Gasteiger partial charge in [0, 0.05) is 49.7 Å². The quantitative estimate of drug-likeness (QED) is 0.708. The van der Waals surface area contributed by atoms with Gasteiger partial charge in [-0.05, 0) is 24.1 Å². The van der Waals surface area contributed by atoms with Crippen molar-refractivity contribution in [2.45, 2.75) is 19.4 Å². The number of hydrogen-bond acceptors (Lipinski definition) is 2. The smallest absolute Gasteiger partial charge is 0.255 e. The molecule has 0 radical (unpaired) electrons. The topological polar surface area (TPSA) is 28.5 Å². The van der Waals surface area contributed by atoms with E-state index < -0.39 is 0 Å². The number of amides is 1. The van der Waals surface area contributed by atoms with Crippen molar-refractivity contribution in [1.82, 2.24) is 9.47 Å². The van der Waals surface area contributed by atoms with Crippen LogP contribution < -0.4 is 4.90 Å². The molecule has 0 unspecified atom stereocenters. The fourth-order valence-corrected chi connectivity index (χ4v) is 4.37. The summed E-state index contributed by atoms with van der Waals surface area (Å²) in [6.07, 6.45) is 0.943. The van der Waals surface area contributed by atoms with Crippen LogP contribution in [0, 0.1) is 0 Å². The van der Waals surface area contributed by atoms with E-state index in [1.54, 1.807) is 0 Å². The molecule has 1 amide bonds. The lowest BCUT2D eigenvalue weighted by molar-refractivity contribution is 0.0751. The Morgan fingerprint density at radius 3 is 2.46 bits per heavy atom. The number of para-hydroxylation sites is 1. The van der Waals surface area contributed by atoms with E-state index in [2.05, 4.69) is 67.9 Å². The van der Waals surface area contributed by atoms with Crippen LogP contribution in [0.5, 0.6) is 0 Å². The molecule has 2 heterocycles. The van der Waals surface area contributed by atoms with Gasteiger partial charge in [0.25, 0.3) is 5.91 Å². The molecular weight excluding hydrogens is 322 g/mol. The maximum absolute atomic E-state index is 13.1. The second-order valence-corrected chi connectivity index (χ2v) is 7.20. The van der Waals surface area contributed by atoms with E-state index in [0.29, 0.717) is 0 Å². The maximum atomic E-state index is 13.1. The van der Waals surface area contributed by atoms with E-state index in [-0.39, 0.29) is 11.9 Å². The minimum absolute atomic E-state index is 0.0397. The lowest BCUT2D eigenvalue weighted by Crippen LogP contribution is -2.30. The Morgan fingerprint density at radius 2 is 1.73 bits per heavy atom. The number of carbonyl (C=O) groups excluding carboxylic acids is 1. The van der Waals surface area contributed by atoms with Crippen molar-refractivity contribution in [2.24, 2.45) is 7.05 Å². The van der Waals surface area contributed by atoms with Gasteiger partial charge in [0.15, 0.2) is 0 Å². The van der Waals surface area contributed by atoms with Crippen LogP contribution in [0.15, 0.2) is 48.5 Å². The predicted molar refractivity (Wildman–Crippen MR) is 107 cm³/mol. The summed E-state index contributed by atoms with van der Waals surface area (Å²) in [5.74, 6) is 1.30. The monoisotopic (exact) mass is 347 g/mol. The molecule has 4 rings (SSSR count). The highest BCUT2D eigenvalue weighted by molar-refractivity contribution is 6.02. The van der Waals surface area contributed by atoms with Crippen LogP contribution in [0.25, 0.3) is 10.9 Å². The summed E-state index contributed by atoms with van der Waals surface area (Å²) >= 11 is 0. The van der Waals surface area contributed by atoms with Crippen LogP contribution in [0.1, 0.15) is 40.9 Å². The van der Waals surface area contributed by atoms with Crippen molar-refractivity contribution in [1.29, 1.82) is 0 Å². The standard InChI is InChI=1S/C22H25N3O/c1-5-14-25-20(15-10-6-7-11-16(15)22(25)26)19-17-12-8-9-13-18(17)24(4)21(19)23(2)3/h6-13,20H,5,14H2,1-4H3/t20-/m1/s1. The zero-order chi connectivity index (χ0) is 18.4. The summed E-state index contributed by atoms with van der Waals surface area (Å²) in [5.41, 5.74) is 4.37. The Morgan fingerprint density at radius 1 is 1.04 bits per heavy atom. The van der Waals surface area contributed by atoms with Gasteiger partial charge in [0.1, 0.15) is 5.82 Å². The van der Waals surface area contributed by atoms with E-state index in [1.807, 2.05) is 23.1 Å². The van der Waals surface area contributed by atoms with Crippen molar-refractivity contribution in [2.75, 3.05) is 25.5 Å². The number of nitrogens with zero attached hydrogens (tertiary/aromatic N) is 3. The van der Waals surface area contributed by atoms with Crippen molar-refractivity contribution in [3.63, 3.8) is 0 Å². The van der Waals surface area contributed by atoms with Crippen LogP contribution >= 0.6 is 0 Å². The SMILES string of the molecule is CCCN1C(=O)c2ccccc2[C@@H]1c1c(N(C)C)n(C)c2ccccc12. The Bertz CT molecular complexity index is 986.